The Kier molecular flexibility index (Phi) is 5.76. The summed E-state index contributed by atoms with van der Waals surface area (Å²) in [5.41, 5.74) is 0.0655. The van der Waals surface area contributed by atoms with Crippen molar-refractivity contribution >= 4 is 29.9 Å². The second-order valence-electron chi connectivity index (χ2n) is 5.73. The molecule has 4 nitrogen and oxygen atoms in total. The maximum Gasteiger partial charge on any atom is 0.271 e. The van der Waals surface area contributed by atoms with Crippen molar-refractivity contribution in [3.8, 4) is 5.75 Å². The van der Waals surface area contributed by atoms with E-state index in [4.69, 9.17) is 16.3 Å². The third-order valence-electron chi connectivity index (χ3n) is 4.16. The molecular formula is C15H20ClNO3S. The quantitative estimate of drug-likeness (QED) is 0.362. The first kappa shape index (κ1) is 16.4. The highest BCUT2D eigenvalue weighted by Gasteiger charge is 2.30. The Morgan fingerprint density at radius 3 is 2.48 bits per heavy atom. The van der Waals surface area contributed by atoms with Gasteiger partial charge in [-0.25, -0.2) is 0 Å². The Bertz CT molecular complexity index is 502. The molecule has 1 saturated carbocycles. The van der Waals surface area contributed by atoms with E-state index in [2.05, 4.69) is 12.6 Å². The second-order valence-corrected chi connectivity index (χ2v) is 6.46. The maximum absolute atomic E-state index is 10.7. The molecular weight excluding hydrogens is 310 g/mol. The number of rotatable bonds is 5. The van der Waals surface area contributed by atoms with E-state index in [0.717, 1.165) is 18.6 Å². The summed E-state index contributed by atoms with van der Waals surface area (Å²) in [4.78, 5) is 10.2. The third kappa shape index (κ3) is 4.27. The number of nitro benzene ring substituents is 1. The van der Waals surface area contributed by atoms with E-state index < -0.39 is 4.92 Å². The Labute approximate surface area is 135 Å². The number of thiol groups is 1. The number of ether oxygens (including phenoxy) is 1. The summed E-state index contributed by atoms with van der Waals surface area (Å²) in [6.45, 7) is 0.564. The molecule has 6 heteroatoms. The van der Waals surface area contributed by atoms with Crippen LogP contribution in [0.5, 0.6) is 5.75 Å². The first-order chi connectivity index (χ1) is 10.1. The van der Waals surface area contributed by atoms with Crippen LogP contribution >= 0.6 is 24.2 Å². The SMILES string of the molecule is O=[N+]([O-])c1ccc(OCC2(CS)CCCCCC2)c(Cl)c1. The van der Waals surface area contributed by atoms with E-state index >= 15 is 0 Å². The maximum atomic E-state index is 10.7. The zero-order valence-corrected chi connectivity index (χ0v) is 13.5. The van der Waals surface area contributed by atoms with Crippen LogP contribution in [0.2, 0.25) is 5.02 Å². The van der Waals surface area contributed by atoms with Gasteiger partial charge in [-0.15, -0.1) is 0 Å². The van der Waals surface area contributed by atoms with Crippen LogP contribution in [0, 0.1) is 15.5 Å². The van der Waals surface area contributed by atoms with Gasteiger partial charge in [0.1, 0.15) is 5.75 Å². The smallest absolute Gasteiger partial charge is 0.271 e. The molecule has 0 spiro atoms. The van der Waals surface area contributed by atoms with Crippen molar-refractivity contribution in [3.05, 3.63) is 33.3 Å². The van der Waals surface area contributed by atoms with E-state index in [9.17, 15) is 10.1 Å². The minimum Gasteiger partial charge on any atom is -0.491 e. The Balaban J connectivity index is 2.05. The molecule has 0 aromatic heterocycles. The standard InChI is InChI=1S/C15H20ClNO3S/c16-13-9-12(17(18)19)5-6-14(13)20-10-15(11-21)7-3-1-2-4-8-15/h5-6,9,21H,1-4,7-8,10-11H2. The number of non-ortho nitro benzene ring substituents is 1. The van der Waals surface area contributed by atoms with E-state index in [1.807, 2.05) is 0 Å². The molecule has 21 heavy (non-hydrogen) atoms. The third-order valence-corrected chi connectivity index (χ3v) is 5.13. The molecule has 116 valence electrons. The Morgan fingerprint density at radius 1 is 1.29 bits per heavy atom. The first-order valence-corrected chi connectivity index (χ1v) is 8.25. The Morgan fingerprint density at radius 2 is 1.95 bits per heavy atom. The molecule has 0 saturated heterocycles. The molecule has 0 N–H and O–H groups in total. The predicted octanol–water partition coefficient (Wildman–Crippen LogP) is 4.90. The molecule has 2 rings (SSSR count). The van der Waals surface area contributed by atoms with Crippen molar-refractivity contribution in [3.63, 3.8) is 0 Å². The van der Waals surface area contributed by atoms with Crippen molar-refractivity contribution in [1.29, 1.82) is 0 Å². The fourth-order valence-electron chi connectivity index (χ4n) is 2.78. The lowest BCUT2D eigenvalue weighted by atomic mass is 9.83. The first-order valence-electron chi connectivity index (χ1n) is 7.24. The zero-order chi connectivity index (χ0) is 15.3. The lowest BCUT2D eigenvalue weighted by Gasteiger charge is -2.31. The highest BCUT2D eigenvalue weighted by atomic mass is 35.5. The van der Waals surface area contributed by atoms with Crippen LogP contribution in [-0.4, -0.2) is 17.3 Å². The summed E-state index contributed by atoms with van der Waals surface area (Å²) in [6.07, 6.45) is 7.18. The largest absolute Gasteiger partial charge is 0.491 e. The highest BCUT2D eigenvalue weighted by molar-refractivity contribution is 7.80. The van der Waals surface area contributed by atoms with Crippen molar-refractivity contribution in [1.82, 2.24) is 0 Å². The lowest BCUT2D eigenvalue weighted by molar-refractivity contribution is -0.384. The molecule has 1 aliphatic rings. The normalized spacial score (nSPS) is 18.0. The van der Waals surface area contributed by atoms with Gasteiger partial charge in [0, 0.05) is 17.5 Å². The minimum atomic E-state index is -0.462. The molecule has 0 aliphatic heterocycles. The van der Waals surface area contributed by atoms with E-state index in [-0.39, 0.29) is 16.1 Å². The van der Waals surface area contributed by atoms with E-state index in [1.54, 1.807) is 6.07 Å². The number of nitro groups is 1. The molecule has 0 unspecified atom stereocenters. The van der Waals surface area contributed by atoms with Gasteiger partial charge in [0.2, 0.25) is 0 Å². The van der Waals surface area contributed by atoms with E-state index in [0.29, 0.717) is 12.4 Å². The predicted molar refractivity (Wildman–Crippen MR) is 87.6 cm³/mol. The molecule has 1 aromatic rings. The molecule has 0 amide bonds. The molecule has 1 aliphatic carbocycles. The second kappa shape index (κ2) is 7.36. The van der Waals surface area contributed by atoms with Gasteiger partial charge in [0.25, 0.3) is 5.69 Å². The number of benzene rings is 1. The fourth-order valence-corrected chi connectivity index (χ4v) is 3.41. The molecule has 1 fully saturated rings. The summed E-state index contributed by atoms with van der Waals surface area (Å²) in [7, 11) is 0. The molecule has 0 atom stereocenters. The van der Waals surface area contributed by atoms with Gasteiger partial charge in [-0.3, -0.25) is 10.1 Å². The van der Waals surface area contributed by atoms with Gasteiger partial charge in [-0.2, -0.15) is 12.6 Å². The monoisotopic (exact) mass is 329 g/mol. The summed E-state index contributed by atoms with van der Waals surface area (Å²) >= 11 is 10.6. The van der Waals surface area contributed by atoms with Crippen molar-refractivity contribution < 1.29 is 9.66 Å². The van der Waals surface area contributed by atoms with E-state index in [1.165, 1.54) is 37.8 Å². The van der Waals surface area contributed by atoms with Crippen molar-refractivity contribution in [2.45, 2.75) is 38.5 Å². The van der Waals surface area contributed by atoms with Crippen LogP contribution in [0.3, 0.4) is 0 Å². The molecule has 0 radical (unpaired) electrons. The number of hydrogen-bond acceptors (Lipinski definition) is 4. The van der Waals surface area contributed by atoms with Crippen LogP contribution in [-0.2, 0) is 0 Å². The zero-order valence-electron chi connectivity index (χ0n) is 11.9. The number of hydrogen-bond donors (Lipinski definition) is 1. The van der Waals surface area contributed by atoms with Crippen molar-refractivity contribution in [2.75, 3.05) is 12.4 Å². The van der Waals surface area contributed by atoms with Gasteiger partial charge in [0.05, 0.1) is 16.6 Å². The topological polar surface area (TPSA) is 52.4 Å². The van der Waals surface area contributed by atoms with Crippen LogP contribution < -0.4 is 4.74 Å². The fraction of sp³-hybridized carbons (Fsp3) is 0.600. The number of nitrogens with zero attached hydrogens (tertiary/aromatic N) is 1. The summed E-state index contributed by atoms with van der Waals surface area (Å²) in [5.74, 6) is 1.30. The van der Waals surface area contributed by atoms with Gasteiger partial charge in [-0.05, 0) is 24.7 Å². The summed E-state index contributed by atoms with van der Waals surface area (Å²) < 4.78 is 5.86. The van der Waals surface area contributed by atoms with Gasteiger partial charge < -0.3 is 4.74 Å². The Hall–Kier alpha value is -0.940. The molecule has 1 aromatic carbocycles. The van der Waals surface area contributed by atoms with Crippen LogP contribution in [0.15, 0.2) is 18.2 Å². The van der Waals surface area contributed by atoms with Gasteiger partial charge in [0.15, 0.2) is 0 Å². The average molecular weight is 330 g/mol. The van der Waals surface area contributed by atoms with Crippen LogP contribution in [0.4, 0.5) is 5.69 Å². The van der Waals surface area contributed by atoms with Gasteiger partial charge >= 0.3 is 0 Å². The highest BCUT2D eigenvalue weighted by Crippen LogP contribution is 2.38. The van der Waals surface area contributed by atoms with Crippen LogP contribution in [0.25, 0.3) is 0 Å². The summed E-state index contributed by atoms with van der Waals surface area (Å²) in [5, 5.41) is 11.0. The molecule has 0 bridgehead atoms. The molecule has 0 heterocycles. The van der Waals surface area contributed by atoms with Crippen molar-refractivity contribution in [2.24, 2.45) is 5.41 Å². The van der Waals surface area contributed by atoms with Gasteiger partial charge in [-0.1, -0.05) is 37.3 Å². The summed E-state index contributed by atoms with van der Waals surface area (Å²) in [6, 6.07) is 4.32. The average Bonchev–Trinajstić information content (AvgIpc) is 2.72. The lowest BCUT2D eigenvalue weighted by Crippen LogP contribution is -2.30. The number of halogens is 1. The minimum absolute atomic E-state index is 0.0225. The van der Waals surface area contributed by atoms with Crippen LogP contribution in [0.1, 0.15) is 38.5 Å².